The molecule has 1 N–H and O–H groups in total. The van der Waals surface area contributed by atoms with E-state index in [4.69, 9.17) is 0 Å². The molecule has 1 rings (SSSR count). The molecule has 1 heterocycles. The molecule has 17 heavy (non-hydrogen) atoms. The van der Waals surface area contributed by atoms with Crippen LogP contribution in [0.25, 0.3) is 0 Å². The molecule has 0 saturated heterocycles. The van der Waals surface area contributed by atoms with Gasteiger partial charge in [0.15, 0.2) is 0 Å². The average molecular weight is 237 g/mol. The molecule has 0 fully saturated rings. The molecule has 0 aliphatic rings. The monoisotopic (exact) mass is 237 g/mol. The summed E-state index contributed by atoms with van der Waals surface area (Å²) in [5, 5.41) is 6.98. The van der Waals surface area contributed by atoms with Gasteiger partial charge in [-0.05, 0) is 19.3 Å². The van der Waals surface area contributed by atoms with Crippen LogP contribution in [0.1, 0.15) is 50.4 Å². The molecule has 0 saturated carbocycles. The molecule has 0 bridgehead atoms. The zero-order valence-corrected chi connectivity index (χ0v) is 11.2. The van der Waals surface area contributed by atoms with Crippen molar-refractivity contribution in [3.63, 3.8) is 0 Å². The number of amides is 1. The van der Waals surface area contributed by atoms with Crippen LogP contribution in [0.15, 0.2) is 12.4 Å². The van der Waals surface area contributed by atoms with Crippen LogP contribution in [0.5, 0.6) is 0 Å². The highest BCUT2D eigenvalue weighted by Crippen LogP contribution is 2.08. The Morgan fingerprint density at radius 1 is 1.41 bits per heavy atom. The van der Waals surface area contributed by atoms with Gasteiger partial charge in [-0.15, -0.1) is 0 Å². The van der Waals surface area contributed by atoms with Crippen molar-refractivity contribution < 1.29 is 4.79 Å². The van der Waals surface area contributed by atoms with Gasteiger partial charge in [-0.25, -0.2) is 0 Å². The van der Waals surface area contributed by atoms with Crippen LogP contribution < -0.4 is 5.32 Å². The van der Waals surface area contributed by atoms with E-state index in [9.17, 15) is 4.79 Å². The molecule has 0 aliphatic heterocycles. The Kier molecular flexibility index (Phi) is 5.19. The summed E-state index contributed by atoms with van der Waals surface area (Å²) < 4.78 is 1.64. The fourth-order valence-electron chi connectivity index (χ4n) is 1.75. The van der Waals surface area contributed by atoms with Crippen molar-refractivity contribution in [3.05, 3.63) is 18.0 Å². The minimum Gasteiger partial charge on any atom is -0.349 e. The molecule has 0 aliphatic carbocycles. The first-order chi connectivity index (χ1) is 7.99. The lowest BCUT2D eigenvalue weighted by molar-refractivity contribution is 0.0937. The number of carbonyl (C=O) groups is 1. The van der Waals surface area contributed by atoms with Crippen molar-refractivity contribution in [1.29, 1.82) is 0 Å². The zero-order chi connectivity index (χ0) is 12.8. The second kappa shape index (κ2) is 6.42. The Hall–Kier alpha value is -1.32. The predicted octanol–water partition coefficient (Wildman–Crippen LogP) is 2.36. The Labute approximate surface area is 103 Å². The number of aromatic nitrogens is 2. The Morgan fingerprint density at radius 3 is 2.65 bits per heavy atom. The Bertz CT molecular complexity index is 357. The topological polar surface area (TPSA) is 46.9 Å². The molecule has 1 amide bonds. The molecule has 1 atom stereocenters. The highest BCUT2D eigenvalue weighted by Gasteiger charge is 2.11. The number of aryl methyl sites for hydroxylation is 1. The van der Waals surface area contributed by atoms with Gasteiger partial charge in [0.05, 0.1) is 11.8 Å². The third-order valence-corrected chi connectivity index (χ3v) is 2.76. The maximum atomic E-state index is 11.8. The number of hydrogen-bond donors (Lipinski definition) is 1. The predicted molar refractivity (Wildman–Crippen MR) is 68.8 cm³/mol. The number of carbonyl (C=O) groups excluding carboxylic acids is 1. The molecule has 96 valence electrons. The molecule has 1 aromatic rings. The van der Waals surface area contributed by atoms with Crippen molar-refractivity contribution in [3.8, 4) is 0 Å². The Balaban J connectivity index is 2.31. The van der Waals surface area contributed by atoms with E-state index in [-0.39, 0.29) is 11.9 Å². The molecule has 1 unspecified atom stereocenters. The second-order valence-corrected chi connectivity index (χ2v) is 5.10. The minimum absolute atomic E-state index is 0.0323. The van der Waals surface area contributed by atoms with Gasteiger partial charge >= 0.3 is 0 Å². The molecular weight excluding hydrogens is 214 g/mol. The average Bonchev–Trinajstić information content (AvgIpc) is 2.64. The number of hydrogen-bond acceptors (Lipinski definition) is 2. The first-order valence-electron chi connectivity index (χ1n) is 6.28. The first kappa shape index (κ1) is 13.7. The number of nitrogens with zero attached hydrogens (tertiary/aromatic N) is 2. The molecule has 0 radical (unpaired) electrons. The minimum atomic E-state index is -0.0323. The van der Waals surface area contributed by atoms with Gasteiger partial charge in [-0.2, -0.15) is 5.10 Å². The maximum Gasteiger partial charge on any atom is 0.254 e. The molecular formula is C13H23N3O. The van der Waals surface area contributed by atoms with E-state index in [1.165, 1.54) is 6.42 Å². The van der Waals surface area contributed by atoms with Gasteiger partial charge in [0.25, 0.3) is 5.91 Å². The van der Waals surface area contributed by atoms with Crippen LogP contribution in [0, 0.1) is 5.92 Å². The number of rotatable bonds is 6. The second-order valence-electron chi connectivity index (χ2n) is 5.10. The number of nitrogens with one attached hydrogen (secondary N) is 1. The van der Waals surface area contributed by atoms with Crippen molar-refractivity contribution >= 4 is 5.91 Å². The van der Waals surface area contributed by atoms with Gasteiger partial charge in [0, 0.05) is 19.3 Å². The van der Waals surface area contributed by atoms with E-state index in [2.05, 4.69) is 31.2 Å². The molecule has 4 heteroatoms. The van der Waals surface area contributed by atoms with E-state index in [0.717, 1.165) is 18.8 Å². The molecule has 1 aromatic heterocycles. The van der Waals surface area contributed by atoms with Crippen LogP contribution in [0.3, 0.4) is 0 Å². The smallest absolute Gasteiger partial charge is 0.254 e. The van der Waals surface area contributed by atoms with E-state index >= 15 is 0 Å². The summed E-state index contributed by atoms with van der Waals surface area (Å²) in [4.78, 5) is 11.8. The van der Waals surface area contributed by atoms with E-state index < -0.39 is 0 Å². The van der Waals surface area contributed by atoms with Crippen molar-refractivity contribution in [1.82, 2.24) is 15.1 Å². The summed E-state index contributed by atoms with van der Waals surface area (Å²) >= 11 is 0. The van der Waals surface area contributed by atoms with Gasteiger partial charge in [0.1, 0.15) is 0 Å². The summed E-state index contributed by atoms with van der Waals surface area (Å²) in [6.07, 6.45) is 6.73. The van der Waals surface area contributed by atoms with Gasteiger partial charge < -0.3 is 5.32 Å². The van der Waals surface area contributed by atoms with Crippen LogP contribution in [-0.4, -0.2) is 21.7 Å². The van der Waals surface area contributed by atoms with Gasteiger partial charge in [-0.3, -0.25) is 9.48 Å². The summed E-state index contributed by atoms with van der Waals surface area (Å²) in [5.41, 5.74) is 0.628. The standard InChI is InChI=1S/C13H23N3O/c1-10(2)6-5-7-11(3)15-13(17)12-8-14-16(4)9-12/h8-11H,5-7H2,1-4H3,(H,15,17). The molecule has 0 spiro atoms. The SMILES string of the molecule is CC(C)CCCC(C)NC(=O)c1cnn(C)c1. The van der Waals surface area contributed by atoms with E-state index in [1.807, 2.05) is 7.05 Å². The lowest BCUT2D eigenvalue weighted by Crippen LogP contribution is -2.32. The van der Waals surface area contributed by atoms with Crippen molar-refractivity contribution in [2.45, 2.75) is 46.1 Å². The van der Waals surface area contributed by atoms with Crippen molar-refractivity contribution in [2.24, 2.45) is 13.0 Å². The van der Waals surface area contributed by atoms with E-state index in [0.29, 0.717) is 5.56 Å². The summed E-state index contributed by atoms with van der Waals surface area (Å²) in [7, 11) is 1.81. The van der Waals surface area contributed by atoms with Crippen LogP contribution in [0.2, 0.25) is 0 Å². The van der Waals surface area contributed by atoms with Gasteiger partial charge in [0.2, 0.25) is 0 Å². The lowest BCUT2D eigenvalue weighted by atomic mass is 10.0. The van der Waals surface area contributed by atoms with Gasteiger partial charge in [-0.1, -0.05) is 26.7 Å². The summed E-state index contributed by atoms with van der Waals surface area (Å²) in [6, 6.07) is 0.224. The fourth-order valence-corrected chi connectivity index (χ4v) is 1.75. The summed E-state index contributed by atoms with van der Waals surface area (Å²) in [5.74, 6) is 0.700. The van der Waals surface area contributed by atoms with Crippen molar-refractivity contribution in [2.75, 3.05) is 0 Å². The largest absolute Gasteiger partial charge is 0.349 e. The van der Waals surface area contributed by atoms with E-state index in [1.54, 1.807) is 17.1 Å². The third-order valence-electron chi connectivity index (χ3n) is 2.76. The molecule has 4 nitrogen and oxygen atoms in total. The van der Waals surface area contributed by atoms with Crippen LogP contribution in [0.4, 0.5) is 0 Å². The summed E-state index contributed by atoms with van der Waals surface area (Å²) in [6.45, 7) is 6.49. The third kappa shape index (κ3) is 5.02. The van der Waals surface area contributed by atoms with Crippen LogP contribution in [-0.2, 0) is 7.05 Å². The fraction of sp³-hybridized carbons (Fsp3) is 0.692. The highest BCUT2D eigenvalue weighted by atomic mass is 16.1. The quantitative estimate of drug-likeness (QED) is 0.825. The first-order valence-corrected chi connectivity index (χ1v) is 6.28. The van der Waals surface area contributed by atoms with Crippen LogP contribution >= 0.6 is 0 Å². The zero-order valence-electron chi connectivity index (χ0n) is 11.2. The maximum absolute atomic E-state index is 11.8. The Morgan fingerprint density at radius 2 is 2.12 bits per heavy atom. The highest BCUT2D eigenvalue weighted by molar-refractivity contribution is 5.93. The normalized spacial score (nSPS) is 12.8. The molecule has 0 aromatic carbocycles. The lowest BCUT2D eigenvalue weighted by Gasteiger charge is -2.13.